The molecule has 2 atom stereocenters. The third kappa shape index (κ3) is 6.62. The maximum absolute atomic E-state index is 13.6. The van der Waals surface area contributed by atoms with E-state index in [1.54, 1.807) is 22.9 Å². The van der Waals surface area contributed by atoms with Gasteiger partial charge in [-0.25, -0.2) is 19.3 Å². The van der Waals surface area contributed by atoms with E-state index in [1.807, 2.05) is 37.3 Å². The Morgan fingerprint density at radius 1 is 0.935 bits per heavy atom. The molecule has 7 heterocycles. The van der Waals surface area contributed by atoms with Crippen molar-refractivity contribution in [2.75, 3.05) is 60.9 Å². The molecule has 0 bridgehead atoms. The van der Waals surface area contributed by atoms with Gasteiger partial charge >= 0.3 is 0 Å². The SMILES string of the molecule is C=CCn1c(=O)c2cnc(Nc3ccc(N4CCN(CC5CN(c6cccc7c6C(=O)N(C6CCC(=O)NC6=O)C7=O)C5)CC4)cc3)nc2n1-c1ccc2c(n1)[C@@](O)(CC)CC2. The third-order valence-corrected chi connectivity index (χ3v) is 13.1. The van der Waals surface area contributed by atoms with Crippen LogP contribution in [0.3, 0.4) is 0 Å². The molecule has 1 unspecified atom stereocenters. The van der Waals surface area contributed by atoms with Crippen molar-refractivity contribution in [2.45, 2.75) is 57.2 Å². The van der Waals surface area contributed by atoms with Crippen molar-refractivity contribution in [3.05, 3.63) is 106 Å². The van der Waals surface area contributed by atoms with E-state index in [0.29, 0.717) is 64.1 Å². The zero-order valence-electron chi connectivity index (χ0n) is 34.4. The van der Waals surface area contributed by atoms with Crippen LogP contribution >= 0.6 is 0 Å². The van der Waals surface area contributed by atoms with Gasteiger partial charge in [-0.3, -0.25) is 39.1 Å². The molecule has 17 heteroatoms. The number of amides is 4. The molecule has 3 aromatic heterocycles. The average molecular weight is 838 g/mol. The summed E-state index contributed by atoms with van der Waals surface area (Å²) in [6.45, 7) is 12.0. The minimum absolute atomic E-state index is 0.0828. The summed E-state index contributed by atoms with van der Waals surface area (Å²) < 4.78 is 3.22. The number of aliphatic hydroxyl groups is 1. The second-order valence-corrected chi connectivity index (χ2v) is 16.9. The fourth-order valence-electron chi connectivity index (χ4n) is 9.69. The molecule has 5 aliphatic rings. The average Bonchev–Trinajstić information content (AvgIpc) is 3.84. The Bertz CT molecular complexity index is 2730. The molecule has 0 saturated carbocycles. The molecular weight excluding hydrogens is 791 g/mol. The van der Waals surface area contributed by atoms with Crippen molar-refractivity contribution in [3.8, 4) is 5.82 Å². The van der Waals surface area contributed by atoms with Crippen LogP contribution in [-0.4, -0.2) is 115 Å². The molecule has 3 N–H and O–H groups in total. The number of piperidine rings is 1. The number of hydrogen-bond donors (Lipinski definition) is 3. The Morgan fingerprint density at radius 2 is 1.73 bits per heavy atom. The first-order chi connectivity index (χ1) is 30.0. The van der Waals surface area contributed by atoms with Gasteiger partial charge in [0, 0.05) is 75.7 Å². The van der Waals surface area contributed by atoms with Crippen LogP contribution in [0, 0.1) is 5.92 Å². The predicted molar refractivity (Wildman–Crippen MR) is 231 cm³/mol. The van der Waals surface area contributed by atoms with Gasteiger partial charge in [0.05, 0.1) is 29.1 Å². The number of aryl methyl sites for hydroxylation is 1. The molecular formula is C45H47N11O6. The summed E-state index contributed by atoms with van der Waals surface area (Å²) in [4.78, 5) is 86.8. The van der Waals surface area contributed by atoms with Crippen molar-refractivity contribution < 1.29 is 24.3 Å². The van der Waals surface area contributed by atoms with Crippen LogP contribution in [0.2, 0.25) is 0 Å². The van der Waals surface area contributed by atoms with E-state index < -0.39 is 35.3 Å². The number of nitrogens with one attached hydrogen (secondary N) is 2. The van der Waals surface area contributed by atoms with Gasteiger partial charge in [0.15, 0.2) is 11.5 Å². The highest BCUT2D eigenvalue weighted by molar-refractivity contribution is 6.25. The Balaban J connectivity index is 0.760. The number of allylic oxidation sites excluding steroid dienone is 1. The summed E-state index contributed by atoms with van der Waals surface area (Å²) in [5.74, 6) is -0.757. The molecule has 62 heavy (non-hydrogen) atoms. The summed E-state index contributed by atoms with van der Waals surface area (Å²) in [5.41, 5.74) is 4.04. The summed E-state index contributed by atoms with van der Waals surface area (Å²) in [6, 6.07) is 16.2. The Labute approximate surface area is 356 Å². The van der Waals surface area contributed by atoms with Crippen LogP contribution < -0.4 is 26.0 Å². The number of fused-ring (bicyclic) bond motifs is 3. The number of carbonyl (C=O) groups excluding carboxylic acids is 4. The van der Waals surface area contributed by atoms with Gasteiger partial charge in [-0.2, -0.15) is 4.98 Å². The van der Waals surface area contributed by atoms with Crippen LogP contribution in [0.5, 0.6) is 0 Å². The maximum Gasteiger partial charge on any atom is 0.278 e. The second kappa shape index (κ2) is 15.3. The van der Waals surface area contributed by atoms with Crippen LogP contribution in [0.25, 0.3) is 16.9 Å². The summed E-state index contributed by atoms with van der Waals surface area (Å²) in [7, 11) is 0. The monoisotopic (exact) mass is 837 g/mol. The quantitative estimate of drug-likeness (QED) is 0.130. The van der Waals surface area contributed by atoms with Crippen molar-refractivity contribution in [2.24, 2.45) is 5.92 Å². The standard InChI is InChI=1S/C45H47N11O6/c1-3-18-54-41(59)32-23-46-44(50-39(32)56(54)35-14-8-28-16-17-45(62,4-2)38(28)48-35)47-29-9-11-30(12-10-29)52-21-19-51(20-22-52)24-27-25-53(26-27)33-7-5-6-31-37(33)43(61)55(42(31)60)34-13-15-36(57)49-40(34)58/h3,5-12,14,23,27,34,62H,1,4,13,15-22,24-26H2,2H3,(H,46,47,50)(H,49,57,58)/t34?,45-/m1/s1. The largest absolute Gasteiger partial charge is 0.384 e. The molecule has 4 aliphatic heterocycles. The molecule has 1 aliphatic carbocycles. The number of carbonyl (C=O) groups is 4. The van der Waals surface area contributed by atoms with Crippen molar-refractivity contribution in [3.63, 3.8) is 0 Å². The first-order valence-electron chi connectivity index (χ1n) is 21.3. The molecule has 3 saturated heterocycles. The van der Waals surface area contributed by atoms with Crippen LogP contribution in [0.1, 0.15) is 64.6 Å². The van der Waals surface area contributed by atoms with Gasteiger partial charge in [-0.1, -0.05) is 25.1 Å². The van der Waals surface area contributed by atoms with E-state index >= 15 is 0 Å². The number of benzene rings is 2. The molecule has 5 aromatic rings. The van der Waals surface area contributed by atoms with Crippen LogP contribution in [0.15, 0.2) is 78.2 Å². The zero-order chi connectivity index (χ0) is 42.9. The summed E-state index contributed by atoms with van der Waals surface area (Å²) >= 11 is 0. The number of piperazine rings is 1. The predicted octanol–water partition coefficient (Wildman–Crippen LogP) is 3.11. The lowest BCUT2D eigenvalue weighted by atomic mass is 9.95. The first kappa shape index (κ1) is 39.4. The van der Waals surface area contributed by atoms with Gasteiger partial charge in [-0.15, -0.1) is 6.58 Å². The lowest BCUT2D eigenvalue weighted by Gasteiger charge is -2.45. The van der Waals surface area contributed by atoms with Gasteiger partial charge in [0.25, 0.3) is 17.4 Å². The Hall–Kier alpha value is -6.72. The second-order valence-electron chi connectivity index (χ2n) is 16.9. The number of hydrogen-bond acceptors (Lipinski definition) is 13. The number of rotatable bonds is 11. The minimum atomic E-state index is -1.01. The molecule has 318 valence electrons. The Morgan fingerprint density at radius 3 is 2.47 bits per heavy atom. The number of anilines is 4. The first-order valence-corrected chi connectivity index (χ1v) is 21.3. The molecule has 0 spiro atoms. The van der Waals surface area contributed by atoms with E-state index in [0.717, 1.165) is 74.1 Å². The molecule has 2 aromatic carbocycles. The molecule has 17 nitrogen and oxygen atoms in total. The van der Waals surface area contributed by atoms with Crippen LogP contribution in [-0.2, 0) is 28.2 Å². The highest BCUT2D eigenvalue weighted by Crippen LogP contribution is 2.39. The van der Waals surface area contributed by atoms with E-state index in [9.17, 15) is 29.1 Å². The van der Waals surface area contributed by atoms with E-state index in [4.69, 9.17) is 9.97 Å². The number of aromatic nitrogens is 5. The van der Waals surface area contributed by atoms with Gasteiger partial charge in [0.2, 0.25) is 17.8 Å². The van der Waals surface area contributed by atoms with Gasteiger partial charge in [-0.05, 0) is 73.7 Å². The molecule has 0 radical (unpaired) electrons. The molecule has 10 rings (SSSR count). The van der Waals surface area contributed by atoms with Crippen molar-refractivity contribution in [1.82, 2.24) is 39.4 Å². The minimum Gasteiger partial charge on any atom is -0.384 e. The fourth-order valence-corrected chi connectivity index (χ4v) is 9.69. The fraction of sp³-hybridized carbons (Fsp3) is 0.378. The molecule has 4 amide bonds. The normalized spacial score (nSPS) is 21.6. The van der Waals surface area contributed by atoms with Crippen LogP contribution in [0.4, 0.5) is 23.0 Å². The summed E-state index contributed by atoms with van der Waals surface area (Å²) in [5, 5.41) is 17.2. The lowest BCUT2D eigenvalue weighted by Crippen LogP contribution is -2.55. The number of nitrogens with zero attached hydrogens (tertiary/aromatic N) is 9. The van der Waals surface area contributed by atoms with Crippen molar-refractivity contribution >= 4 is 57.7 Å². The third-order valence-electron chi connectivity index (χ3n) is 13.1. The topological polar surface area (TPSA) is 191 Å². The van der Waals surface area contributed by atoms with Crippen molar-refractivity contribution in [1.29, 1.82) is 0 Å². The van der Waals surface area contributed by atoms with Gasteiger partial charge < -0.3 is 20.2 Å². The smallest absolute Gasteiger partial charge is 0.278 e. The van der Waals surface area contributed by atoms with E-state index in [1.165, 1.54) is 10.9 Å². The lowest BCUT2D eigenvalue weighted by molar-refractivity contribution is -0.136. The maximum atomic E-state index is 13.6. The van der Waals surface area contributed by atoms with E-state index in [-0.39, 0.29) is 24.9 Å². The van der Waals surface area contributed by atoms with E-state index in [2.05, 4.69) is 49.0 Å². The number of imide groups is 2. The highest BCUT2D eigenvalue weighted by Gasteiger charge is 2.47. The summed E-state index contributed by atoms with van der Waals surface area (Å²) in [6.07, 6.45) is 5.29. The highest BCUT2D eigenvalue weighted by atomic mass is 16.3. The number of pyridine rings is 1. The zero-order valence-corrected chi connectivity index (χ0v) is 34.4. The molecule has 3 fully saturated rings. The van der Waals surface area contributed by atoms with Gasteiger partial charge in [0.1, 0.15) is 17.0 Å². The Kier molecular flexibility index (Phi) is 9.74.